The fourth-order valence-electron chi connectivity index (χ4n) is 2.46. The quantitative estimate of drug-likeness (QED) is 0.547. The Hall–Kier alpha value is -1.36. The molecule has 0 unspecified atom stereocenters. The molecular formula is C19H32N2O2S. The van der Waals surface area contributed by atoms with Crippen LogP contribution in [0, 0.1) is 0 Å². The van der Waals surface area contributed by atoms with Crippen molar-refractivity contribution in [2.24, 2.45) is 5.10 Å². The van der Waals surface area contributed by atoms with Gasteiger partial charge in [0.15, 0.2) is 0 Å². The molecule has 0 saturated carbocycles. The second-order valence-corrected chi connectivity index (χ2v) is 8.89. The van der Waals surface area contributed by atoms with Gasteiger partial charge in [0.2, 0.25) is 0 Å². The lowest BCUT2D eigenvalue weighted by molar-refractivity contribution is 0.578. The predicted octanol–water partition coefficient (Wildman–Crippen LogP) is 5.12. The van der Waals surface area contributed by atoms with Crippen molar-refractivity contribution in [2.75, 3.05) is 0 Å². The molecule has 0 aliphatic heterocycles. The normalized spacial score (nSPS) is 13.2. The van der Waals surface area contributed by atoms with Crippen LogP contribution in [0.25, 0.3) is 0 Å². The molecule has 1 N–H and O–H groups in total. The van der Waals surface area contributed by atoms with Gasteiger partial charge < -0.3 is 0 Å². The Morgan fingerprint density at radius 2 is 1.46 bits per heavy atom. The van der Waals surface area contributed by atoms with Crippen LogP contribution in [0.5, 0.6) is 0 Å². The lowest BCUT2D eigenvalue weighted by atomic mass is 9.89. The summed E-state index contributed by atoms with van der Waals surface area (Å²) < 4.78 is 25.9. The van der Waals surface area contributed by atoms with Gasteiger partial charge in [0, 0.05) is 5.71 Å². The van der Waals surface area contributed by atoms with Crippen LogP contribution in [0.15, 0.2) is 22.1 Å². The van der Waals surface area contributed by atoms with E-state index in [4.69, 9.17) is 0 Å². The van der Waals surface area contributed by atoms with Crippen LogP contribution in [0.4, 0.5) is 0 Å². The molecule has 1 aromatic carbocycles. The molecule has 5 heteroatoms. The molecular weight excluding hydrogens is 320 g/mol. The van der Waals surface area contributed by atoms with E-state index in [1.54, 1.807) is 0 Å². The van der Waals surface area contributed by atoms with Crippen molar-refractivity contribution >= 4 is 15.7 Å². The Labute approximate surface area is 147 Å². The zero-order valence-corrected chi connectivity index (χ0v) is 17.1. The fourth-order valence-corrected chi connectivity index (χ4v) is 4.04. The van der Waals surface area contributed by atoms with Gasteiger partial charge in [-0.05, 0) is 47.8 Å². The van der Waals surface area contributed by atoms with E-state index in [-0.39, 0.29) is 11.8 Å². The molecule has 0 radical (unpaired) electrons. The van der Waals surface area contributed by atoms with E-state index in [1.807, 2.05) is 53.7 Å². The van der Waals surface area contributed by atoms with Gasteiger partial charge in [-0.25, -0.2) is 4.83 Å². The molecule has 0 heterocycles. The summed E-state index contributed by atoms with van der Waals surface area (Å²) in [6, 6.07) is 4.07. The highest BCUT2D eigenvalue weighted by molar-refractivity contribution is 7.89. The first-order valence-electron chi connectivity index (χ1n) is 8.73. The number of sulfonamides is 1. The molecule has 1 rings (SSSR count). The smallest absolute Gasteiger partial charge is 0.200 e. The number of hydrogen-bond donors (Lipinski definition) is 1. The fraction of sp³-hybridized carbons (Fsp3) is 0.632. The van der Waals surface area contributed by atoms with E-state index in [1.165, 1.54) is 5.56 Å². The van der Waals surface area contributed by atoms with Crippen molar-refractivity contribution in [3.63, 3.8) is 0 Å². The van der Waals surface area contributed by atoms with E-state index < -0.39 is 10.0 Å². The number of hydrazone groups is 1. The van der Waals surface area contributed by atoms with Gasteiger partial charge >= 0.3 is 0 Å². The first-order valence-corrected chi connectivity index (χ1v) is 10.2. The number of benzene rings is 1. The van der Waals surface area contributed by atoms with Crippen molar-refractivity contribution in [3.05, 3.63) is 28.8 Å². The van der Waals surface area contributed by atoms with Crippen LogP contribution in [-0.2, 0) is 10.0 Å². The standard InChI is InChI=1S/C19H32N2O2S/c1-9-15(8)20-21-24(22,23)19-17(13(4)5)10-16(12(2)3)11-18(19)14(6)7/h10-14,21H,9H2,1-8H3/b20-15+. The molecule has 0 aliphatic carbocycles. The van der Waals surface area contributed by atoms with Gasteiger partial charge in [-0.15, -0.1) is 0 Å². The van der Waals surface area contributed by atoms with Crippen molar-refractivity contribution in [3.8, 4) is 0 Å². The largest absolute Gasteiger partial charge is 0.277 e. The van der Waals surface area contributed by atoms with Crippen molar-refractivity contribution < 1.29 is 8.42 Å². The Bertz CT molecular complexity index is 673. The average Bonchev–Trinajstić information content (AvgIpc) is 2.50. The minimum absolute atomic E-state index is 0.115. The van der Waals surface area contributed by atoms with Crippen LogP contribution in [0.2, 0.25) is 0 Å². The van der Waals surface area contributed by atoms with Gasteiger partial charge in [-0.3, -0.25) is 0 Å². The van der Waals surface area contributed by atoms with Crippen LogP contribution in [-0.4, -0.2) is 14.1 Å². The van der Waals surface area contributed by atoms with E-state index in [0.29, 0.717) is 17.2 Å². The van der Waals surface area contributed by atoms with Gasteiger partial charge in [0.05, 0.1) is 4.90 Å². The maximum Gasteiger partial charge on any atom is 0.277 e. The summed E-state index contributed by atoms with van der Waals surface area (Å²) in [5.74, 6) is 0.582. The molecule has 1 aromatic rings. The average molecular weight is 353 g/mol. The molecule has 24 heavy (non-hydrogen) atoms. The highest BCUT2D eigenvalue weighted by Gasteiger charge is 2.26. The second-order valence-electron chi connectivity index (χ2n) is 7.29. The minimum Gasteiger partial charge on any atom is -0.200 e. The maximum absolute atomic E-state index is 13.0. The number of nitrogens with one attached hydrogen (secondary N) is 1. The highest BCUT2D eigenvalue weighted by atomic mass is 32.2. The number of hydrogen-bond acceptors (Lipinski definition) is 3. The van der Waals surface area contributed by atoms with Crippen molar-refractivity contribution in [1.29, 1.82) is 0 Å². The number of rotatable bonds is 7. The summed E-state index contributed by atoms with van der Waals surface area (Å²) in [5, 5.41) is 4.03. The Morgan fingerprint density at radius 1 is 1.00 bits per heavy atom. The molecule has 0 fully saturated rings. The lowest BCUT2D eigenvalue weighted by Gasteiger charge is -2.22. The first-order chi connectivity index (χ1) is 11.0. The zero-order chi connectivity index (χ0) is 18.7. The SMILES string of the molecule is CC/C(C)=N/NS(=O)(=O)c1c(C(C)C)cc(C(C)C)cc1C(C)C. The molecule has 0 aliphatic rings. The minimum atomic E-state index is -3.70. The summed E-state index contributed by atoms with van der Waals surface area (Å²) >= 11 is 0. The number of nitrogens with zero attached hydrogens (tertiary/aromatic N) is 1. The predicted molar refractivity (Wildman–Crippen MR) is 102 cm³/mol. The van der Waals surface area contributed by atoms with Crippen LogP contribution in [0.3, 0.4) is 0 Å². The molecule has 0 amide bonds. The molecule has 0 saturated heterocycles. The van der Waals surface area contributed by atoms with E-state index in [0.717, 1.165) is 16.8 Å². The van der Waals surface area contributed by atoms with Gasteiger partial charge in [0.25, 0.3) is 10.0 Å². The summed E-state index contributed by atoms with van der Waals surface area (Å²) in [7, 11) is -3.70. The summed E-state index contributed by atoms with van der Waals surface area (Å²) in [4.78, 5) is 2.82. The monoisotopic (exact) mass is 352 g/mol. The zero-order valence-electron chi connectivity index (χ0n) is 16.3. The first kappa shape index (κ1) is 20.7. The van der Waals surface area contributed by atoms with Crippen molar-refractivity contribution in [2.45, 2.75) is 84.5 Å². The van der Waals surface area contributed by atoms with Crippen LogP contribution < -0.4 is 4.83 Å². The lowest BCUT2D eigenvalue weighted by Crippen LogP contribution is -2.23. The van der Waals surface area contributed by atoms with Gasteiger partial charge in [-0.2, -0.15) is 13.5 Å². The summed E-state index contributed by atoms with van der Waals surface area (Å²) in [6.07, 6.45) is 0.711. The van der Waals surface area contributed by atoms with E-state index in [2.05, 4.69) is 23.8 Å². The van der Waals surface area contributed by atoms with Crippen LogP contribution >= 0.6 is 0 Å². The van der Waals surface area contributed by atoms with Gasteiger partial charge in [0.1, 0.15) is 0 Å². The van der Waals surface area contributed by atoms with Crippen molar-refractivity contribution in [1.82, 2.24) is 4.83 Å². The summed E-state index contributed by atoms with van der Waals surface area (Å²) in [5.41, 5.74) is 3.66. The molecule has 0 atom stereocenters. The van der Waals surface area contributed by atoms with E-state index >= 15 is 0 Å². The molecule has 0 spiro atoms. The van der Waals surface area contributed by atoms with E-state index in [9.17, 15) is 8.42 Å². The maximum atomic E-state index is 13.0. The van der Waals surface area contributed by atoms with Gasteiger partial charge in [-0.1, -0.05) is 60.6 Å². The Balaban J connectivity index is 3.65. The third-order valence-electron chi connectivity index (χ3n) is 4.22. The summed E-state index contributed by atoms with van der Waals surface area (Å²) in [6.45, 7) is 16.1. The van der Waals surface area contributed by atoms with Crippen LogP contribution in [0.1, 0.15) is 96.3 Å². The molecule has 0 aromatic heterocycles. The highest BCUT2D eigenvalue weighted by Crippen LogP contribution is 2.34. The molecule has 4 nitrogen and oxygen atoms in total. The Kier molecular flexibility index (Phi) is 7.02. The third kappa shape index (κ3) is 4.82. The third-order valence-corrected chi connectivity index (χ3v) is 5.56. The Morgan fingerprint density at radius 3 is 1.79 bits per heavy atom. The topological polar surface area (TPSA) is 58.5 Å². The second kappa shape index (κ2) is 8.15. The molecule has 0 bridgehead atoms. The molecule has 136 valence electrons.